The predicted octanol–water partition coefficient (Wildman–Crippen LogP) is 1.98. The monoisotopic (exact) mass is 288 g/mol. The molecule has 0 radical (unpaired) electrons. The number of amides is 3. The largest absolute Gasteiger partial charge is 0.349 e. The van der Waals surface area contributed by atoms with E-state index in [1.54, 1.807) is 31.2 Å². The zero-order chi connectivity index (χ0) is 15.8. The summed E-state index contributed by atoms with van der Waals surface area (Å²) in [6, 6.07) is 5.80. The maximum atomic E-state index is 12.3. The van der Waals surface area contributed by atoms with Crippen molar-refractivity contribution in [1.29, 1.82) is 0 Å². The molecule has 112 valence electrons. The fourth-order valence-electron chi connectivity index (χ4n) is 2.20. The van der Waals surface area contributed by atoms with E-state index >= 15 is 0 Å². The Morgan fingerprint density at radius 2 is 1.67 bits per heavy atom. The van der Waals surface area contributed by atoms with E-state index in [1.165, 1.54) is 0 Å². The molecule has 1 aliphatic heterocycles. The SMILES string of the molecule is CCC(C)(C)NC(=O)[C@H](C)N1C(=O)c2ccccc2C1=O. The van der Waals surface area contributed by atoms with E-state index in [2.05, 4.69) is 5.32 Å². The molecule has 0 fully saturated rings. The van der Waals surface area contributed by atoms with Gasteiger partial charge < -0.3 is 5.32 Å². The van der Waals surface area contributed by atoms with Gasteiger partial charge >= 0.3 is 0 Å². The van der Waals surface area contributed by atoms with Gasteiger partial charge in [0.05, 0.1) is 11.1 Å². The van der Waals surface area contributed by atoms with E-state index in [0.29, 0.717) is 11.1 Å². The Bertz CT molecular complexity index is 572. The molecule has 0 unspecified atom stereocenters. The zero-order valence-electron chi connectivity index (χ0n) is 12.8. The minimum Gasteiger partial charge on any atom is -0.349 e. The third-order valence-electron chi connectivity index (χ3n) is 3.94. The number of carbonyl (C=O) groups excluding carboxylic acids is 3. The molecule has 21 heavy (non-hydrogen) atoms. The summed E-state index contributed by atoms with van der Waals surface area (Å²) in [4.78, 5) is 37.9. The maximum Gasteiger partial charge on any atom is 0.262 e. The van der Waals surface area contributed by atoms with Crippen LogP contribution in [-0.4, -0.2) is 34.2 Å². The molecule has 1 aromatic carbocycles. The molecule has 0 bridgehead atoms. The number of hydrogen-bond donors (Lipinski definition) is 1. The first-order valence-corrected chi connectivity index (χ1v) is 7.07. The van der Waals surface area contributed by atoms with E-state index in [-0.39, 0.29) is 11.4 Å². The van der Waals surface area contributed by atoms with E-state index in [0.717, 1.165) is 11.3 Å². The lowest BCUT2D eigenvalue weighted by molar-refractivity contribution is -0.126. The highest BCUT2D eigenvalue weighted by atomic mass is 16.2. The Hall–Kier alpha value is -2.17. The quantitative estimate of drug-likeness (QED) is 0.861. The molecule has 1 aromatic rings. The third kappa shape index (κ3) is 2.68. The molecule has 0 saturated carbocycles. The molecule has 2 rings (SSSR count). The van der Waals surface area contributed by atoms with Gasteiger partial charge in [-0.2, -0.15) is 0 Å². The van der Waals surface area contributed by atoms with Crippen molar-refractivity contribution < 1.29 is 14.4 Å². The highest BCUT2D eigenvalue weighted by Crippen LogP contribution is 2.24. The molecule has 5 nitrogen and oxygen atoms in total. The summed E-state index contributed by atoms with van der Waals surface area (Å²) in [5, 5.41) is 2.87. The van der Waals surface area contributed by atoms with Gasteiger partial charge in [-0.1, -0.05) is 19.1 Å². The number of carbonyl (C=O) groups is 3. The van der Waals surface area contributed by atoms with Crippen LogP contribution in [0.15, 0.2) is 24.3 Å². The molecule has 1 heterocycles. The Morgan fingerprint density at radius 1 is 1.19 bits per heavy atom. The molecule has 3 amide bonds. The van der Waals surface area contributed by atoms with Crippen molar-refractivity contribution in [3.63, 3.8) is 0 Å². The van der Waals surface area contributed by atoms with Crippen molar-refractivity contribution in [2.75, 3.05) is 0 Å². The molecule has 1 N–H and O–H groups in total. The van der Waals surface area contributed by atoms with Gasteiger partial charge in [0.1, 0.15) is 6.04 Å². The Kier molecular flexibility index (Phi) is 3.85. The third-order valence-corrected chi connectivity index (χ3v) is 3.94. The predicted molar refractivity (Wildman–Crippen MR) is 78.9 cm³/mol. The van der Waals surface area contributed by atoms with Crippen molar-refractivity contribution in [3.05, 3.63) is 35.4 Å². The summed E-state index contributed by atoms with van der Waals surface area (Å²) < 4.78 is 0. The van der Waals surface area contributed by atoms with E-state index in [4.69, 9.17) is 0 Å². The van der Waals surface area contributed by atoms with Crippen molar-refractivity contribution in [2.45, 2.75) is 45.7 Å². The highest BCUT2D eigenvalue weighted by Gasteiger charge is 2.41. The number of nitrogens with one attached hydrogen (secondary N) is 1. The lowest BCUT2D eigenvalue weighted by atomic mass is 10.0. The average molecular weight is 288 g/mol. The Balaban J connectivity index is 2.22. The van der Waals surface area contributed by atoms with E-state index in [9.17, 15) is 14.4 Å². The molecule has 0 saturated heterocycles. The molecule has 0 aliphatic carbocycles. The van der Waals surface area contributed by atoms with Crippen molar-refractivity contribution in [1.82, 2.24) is 10.2 Å². The van der Waals surface area contributed by atoms with Gasteiger partial charge in [-0.15, -0.1) is 0 Å². The van der Waals surface area contributed by atoms with Crippen molar-refractivity contribution in [2.24, 2.45) is 0 Å². The number of fused-ring (bicyclic) bond motifs is 1. The van der Waals surface area contributed by atoms with Crippen LogP contribution in [0.5, 0.6) is 0 Å². The molecular weight excluding hydrogens is 268 g/mol. The Labute approximate surface area is 124 Å². The summed E-state index contributed by atoms with van der Waals surface area (Å²) in [5.74, 6) is -1.14. The topological polar surface area (TPSA) is 66.5 Å². The summed E-state index contributed by atoms with van der Waals surface area (Å²) >= 11 is 0. The van der Waals surface area contributed by atoms with Gasteiger partial charge in [0.25, 0.3) is 11.8 Å². The van der Waals surface area contributed by atoms with Crippen LogP contribution < -0.4 is 5.32 Å². The Morgan fingerprint density at radius 3 is 2.10 bits per heavy atom. The minimum absolute atomic E-state index is 0.323. The van der Waals surface area contributed by atoms with Crippen LogP contribution in [0.4, 0.5) is 0 Å². The molecule has 1 atom stereocenters. The van der Waals surface area contributed by atoms with Gasteiger partial charge in [-0.25, -0.2) is 0 Å². The second-order valence-electron chi connectivity index (χ2n) is 5.93. The van der Waals surface area contributed by atoms with Gasteiger partial charge in [-0.3, -0.25) is 19.3 Å². The normalized spacial score (nSPS) is 15.9. The van der Waals surface area contributed by atoms with E-state index in [1.807, 2.05) is 20.8 Å². The summed E-state index contributed by atoms with van der Waals surface area (Å²) in [6.45, 7) is 7.34. The standard InChI is InChI=1S/C16H20N2O3/c1-5-16(3,4)17-13(19)10(2)18-14(20)11-8-6-7-9-12(11)15(18)21/h6-10H,5H2,1-4H3,(H,17,19)/t10-/m0/s1. The highest BCUT2D eigenvalue weighted by molar-refractivity contribution is 6.22. The van der Waals surface area contributed by atoms with Gasteiger partial charge in [0.15, 0.2) is 0 Å². The fraction of sp³-hybridized carbons (Fsp3) is 0.438. The number of hydrogen-bond acceptors (Lipinski definition) is 3. The minimum atomic E-state index is -0.830. The lowest BCUT2D eigenvalue weighted by Crippen LogP contribution is -2.53. The summed E-state index contributed by atoms with van der Waals surface area (Å²) in [5.41, 5.74) is 0.345. The van der Waals surface area contributed by atoms with Crippen LogP contribution in [0, 0.1) is 0 Å². The molecule has 5 heteroatoms. The van der Waals surface area contributed by atoms with E-state index < -0.39 is 17.9 Å². The van der Waals surface area contributed by atoms with Crippen LogP contribution in [0.25, 0.3) is 0 Å². The lowest BCUT2D eigenvalue weighted by Gasteiger charge is -2.29. The second kappa shape index (κ2) is 5.31. The number of benzene rings is 1. The van der Waals surface area contributed by atoms with Crippen LogP contribution in [0.3, 0.4) is 0 Å². The van der Waals surface area contributed by atoms with Crippen LogP contribution >= 0.6 is 0 Å². The smallest absolute Gasteiger partial charge is 0.262 e. The first kappa shape index (κ1) is 15.2. The first-order valence-electron chi connectivity index (χ1n) is 7.07. The zero-order valence-corrected chi connectivity index (χ0v) is 12.8. The molecule has 0 spiro atoms. The number of nitrogens with zero attached hydrogens (tertiary/aromatic N) is 1. The van der Waals surface area contributed by atoms with Gasteiger partial charge in [-0.05, 0) is 39.3 Å². The average Bonchev–Trinajstić information content (AvgIpc) is 2.70. The first-order chi connectivity index (χ1) is 9.78. The van der Waals surface area contributed by atoms with Gasteiger partial charge in [0.2, 0.25) is 5.91 Å². The van der Waals surface area contributed by atoms with Crippen molar-refractivity contribution >= 4 is 17.7 Å². The molecule has 0 aromatic heterocycles. The second-order valence-corrected chi connectivity index (χ2v) is 5.93. The van der Waals surface area contributed by atoms with Crippen molar-refractivity contribution in [3.8, 4) is 0 Å². The number of imide groups is 1. The maximum absolute atomic E-state index is 12.3. The fourth-order valence-corrected chi connectivity index (χ4v) is 2.20. The molecular formula is C16H20N2O3. The van der Waals surface area contributed by atoms with Crippen LogP contribution in [-0.2, 0) is 4.79 Å². The van der Waals surface area contributed by atoms with Crippen LogP contribution in [0.2, 0.25) is 0 Å². The molecule has 1 aliphatic rings. The van der Waals surface area contributed by atoms with Gasteiger partial charge in [0, 0.05) is 5.54 Å². The van der Waals surface area contributed by atoms with Crippen LogP contribution in [0.1, 0.15) is 54.8 Å². The number of rotatable bonds is 4. The summed E-state index contributed by atoms with van der Waals surface area (Å²) in [7, 11) is 0. The summed E-state index contributed by atoms with van der Waals surface area (Å²) in [6.07, 6.45) is 0.758.